The molecule has 1 aliphatic rings. The average molecular weight is 184 g/mol. The third kappa shape index (κ3) is 4.12. The van der Waals surface area contributed by atoms with Crippen LogP contribution in [0.25, 0.3) is 0 Å². The van der Waals surface area contributed by atoms with Crippen molar-refractivity contribution >= 4 is 0 Å². The molecule has 0 N–H and O–H groups in total. The van der Waals surface area contributed by atoms with Crippen LogP contribution in [0.3, 0.4) is 0 Å². The molecule has 1 rings (SSSR count). The van der Waals surface area contributed by atoms with Crippen molar-refractivity contribution in [3.05, 3.63) is 0 Å². The SMILES string of the molecule is CCCCCC(C)C1CCCCO1. The first-order chi connectivity index (χ1) is 6.34. The summed E-state index contributed by atoms with van der Waals surface area (Å²) < 4.78 is 5.77. The van der Waals surface area contributed by atoms with E-state index in [0.29, 0.717) is 6.10 Å². The maximum atomic E-state index is 5.77. The number of ether oxygens (including phenoxy) is 1. The molecule has 1 fully saturated rings. The fourth-order valence-corrected chi connectivity index (χ4v) is 2.12. The van der Waals surface area contributed by atoms with E-state index in [1.807, 2.05) is 0 Å². The number of unbranched alkanes of at least 4 members (excludes halogenated alkanes) is 2. The Morgan fingerprint density at radius 2 is 2.15 bits per heavy atom. The number of rotatable bonds is 5. The zero-order chi connectivity index (χ0) is 9.52. The lowest BCUT2D eigenvalue weighted by Gasteiger charge is -2.28. The summed E-state index contributed by atoms with van der Waals surface area (Å²) in [5, 5.41) is 0. The molecule has 2 atom stereocenters. The molecular formula is C12H24O. The van der Waals surface area contributed by atoms with Crippen molar-refractivity contribution in [2.45, 2.75) is 64.9 Å². The van der Waals surface area contributed by atoms with Crippen LogP contribution in [0.15, 0.2) is 0 Å². The second-order valence-electron chi connectivity index (χ2n) is 4.38. The van der Waals surface area contributed by atoms with E-state index in [2.05, 4.69) is 13.8 Å². The first-order valence-electron chi connectivity index (χ1n) is 5.96. The van der Waals surface area contributed by atoms with Crippen LogP contribution >= 0.6 is 0 Å². The van der Waals surface area contributed by atoms with Gasteiger partial charge in [-0.25, -0.2) is 0 Å². The van der Waals surface area contributed by atoms with Crippen molar-refractivity contribution in [1.82, 2.24) is 0 Å². The van der Waals surface area contributed by atoms with Gasteiger partial charge in [0.05, 0.1) is 6.10 Å². The van der Waals surface area contributed by atoms with Gasteiger partial charge in [0.1, 0.15) is 0 Å². The van der Waals surface area contributed by atoms with Gasteiger partial charge in [-0.1, -0.05) is 33.1 Å². The van der Waals surface area contributed by atoms with E-state index in [1.54, 1.807) is 0 Å². The maximum absolute atomic E-state index is 5.77. The van der Waals surface area contributed by atoms with Gasteiger partial charge in [0, 0.05) is 6.61 Å². The van der Waals surface area contributed by atoms with Crippen LogP contribution in [-0.2, 0) is 4.74 Å². The third-order valence-corrected chi connectivity index (χ3v) is 3.11. The van der Waals surface area contributed by atoms with Gasteiger partial charge in [-0.15, -0.1) is 0 Å². The predicted octanol–water partition coefficient (Wildman–Crippen LogP) is 3.77. The summed E-state index contributed by atoms with van der Waals surface area (Å²) in [7, 11) is 0. The molecule has 0 bridgehead atoms. The van der Waals surface area contributed by atoms with Crippen molar-refractivity contribution in [3.8, 4) is 0 Å². The summed E-state index contributed by atoms with van der Waals surface area (Å²) in [6, 6.07) is 0. The molecule has 1 nitrogen and oxygen atoms in total. The van der Waals surface area contributed by atoms with Gasteiger partial charge >= 0.3 is 0 Å². The predicted molar refractivity (Wildman–Crippen MR) is 56.9 cm³/mol. The monoisotopic (exact) mass is 184 g/mol. The van der Waals surface area contributed by atoms with Gasteiger partial charge in [0.15, 0.2) is 0 Å². The molecule has 1 saturated heterocycles. The molecule has 1 heteroatoms. The van der Waals surface area contributed by atoms with Crippen LogP contribution in [0.1, 0.15) is 58.8 Å². The smallest absolute Gasteiger partial charge is 0.0600 e. The Labute approximate surface area is 82.9 Å². The molecular weight excluding hydrogens is 160 g/mol. The summed E-state index contributed by atoms with van der Waals surface area (Å²) in [5.41, 5.74) is 0. The van der Waals surface area contributed by atoms with Crippen LogP contribution in [-0.4, -0.2) is 12.7 Å². The second-order valence-corrected chi connectivity index (χ2v) is 4.38. The molecule has 0 aromatic heterocycles. The largest absolute Gasteiger partial charge is 0.378 e. The van der Waals surface area contributed by atoms with Gasteiger partial charge in [-0.3, -0.25) is 0 Å². The highest BCUT2D eigenvalue weighted by Crippen LogP contribution is 2.23. The van der Waals surface area contributed by atoms with Crippen molar-refractivity contribution in [3.63, 3.8) is 0 Å². The lowest BCUT2D eigenvalue weighted by Crippen LogP contribution is -2.26. The van der Waals surface area contributed by atoms with E-state index in [-0.39, 0.29) is 0 Å². The molecule has 1 heterocycles. The van der Waals surface area contributed by atoms with Crippen LogP contribution in [0.2, 0.25) is 0 Å². The molecule has 13 heavy (non-hydrogen) atoms. The molecule has 0 aliphatic carbocycles. The number of hydrogen-bond donors (Lipinski definition) is 0. The molecule has 0 spiro atoms. The van der Waals surface area contributed by atoms with Gasteiger partial charge < -0.3 is 4.74 Å². The van der Waals surface area contributed by atoms with Gasteiger partial charge in [-0.05, 0) is 31.6 Å². The zero-order valence-electron chi connectivity index (χ0n) is 9.22. The Balaban J connectivity index is 2.09. The fraction of sp³-hybridized carbons (Fsp3) is 1.00. The fourth-order valence-electron chi connectivity index (χ4n) is 2.12. The van der Waals surface area contributed by atoms with Crippen molar-refractivity contribution in [2.24, 2.45) is 5.92 Å². The Kier molecular flexibility index (Phi) is 5.45. The standard InChI is InChI=1S/C12H24O/c1-3-4-5-8-11(2)12-9-6-7-10-13-12/h11-12H,3-10H2,1-2H3. The lowest BCUT2D eigenvalue weighted by atomic mass is 9.92. The van der Waals surface area contributed by atoms with Crippen LogP contribution in [0.4, 0.5) is 0 Å². The summed E-state index contributed by atoms with van der Waals surface area (Å²) in [5.74, 6) is 0.784. The number of hydrogen-bond acceptors (Lipinski definition) is 1. The Morgan fingerprint density at radius 1 is 1.31 bits per heavy atom. The summed E-state index contributed by atoms with van der Waals surface area (Å²) in [4.78, 5) is 0. The van der Waals surface area contributed by atoms with E-state index in [4.69, 9.17) is 4.74 Å². The highest BCUT2D eigenvalue weighted by atomic mass is 16.5. The summed E-state index contributed by atoms with van der Waals surface area (Å²) >= 11 is 0. The van der Waals surface area contributed by atoms with Crippen LogP contribution in [0.5, 0.6) is 0 Å². The summed E-state index contributed by atoms with van der Waals surface area (Å²) in [6.45, 7) is 5.62. The average Bonchev–Trinajstić information content (AvgIpc) is 2.19. The topological polar surface area (TPSA) is 9.23 Å². The first kappa shape index (κ1) is 11.0. The third-order valence-electron chi connectivity index (χ3n) is 3.11. The molecule has 1 aliphatic heterocycles. The molecule has 78 valence electrons. The molecule has 0 saturated carbocycles. The molecule has 0 aromatic carbocycles. The second kappa shape index (κ2) is 6.42. The quantitative estimate of drug-likeness (QED) is 0.591. The Hall–Kier alpha value is -0.0400. The van der Waals surface area contributed by atoms with E-state index < -0.39 is 0 Å². The van der Waals surface area contributed by atoms with Crippen LogP contribution < -0.4 is 0 Å². The van der Waals surface area contributed by atoms with E-state index >= 15 is 0 Å². The lowest BCUT2D eigenvalue weighted by molar-refractivity contribution is -0.0187. The molecule has 0 radical (unpaired) electrons. The van der Waals surface area contributed by atoms with Crippen molar-refractivity contribution in [2.75, 3.05) is 6.61 Å². The Morgan fingerprint density at radius 3 is 2.77 bits per heavy atom. The minimum absolute atomic E-state index is 0.575. The molecule has 2 unspecified atom stereocenters. The van der Waals surface area contributed by atoms with Crippen molar-refractivity contribution < 1.29 is 4.74 Å². The van der Waals surface area contributed by atoms with E-state index in [1.165, 1.54) is 44.9 Å². The van der Waals surface area contributed by atoms with Crippen molar-refractivity contribution in [1.29, 1.82) is 0 Å². The summed E-state index contributed by atoms with van der Waals surface area (Å²) in [6.07, 6.45) is 9.99. The minimum atomic E-state index is 0.575. The molecule has 0 aromatic rings. The van der Waals surface area contributed by atoms with Crippen LogP contribution in [0, 0.1) is 5.92 Å². The zero-order valence-corrected chi connectivity index (χ0v) is 9.22. The van der Waals surface area contributed by atoms with E-state index in [0.717, 1.165) is 12.5 Å². The minimum Gasteiger partial charge on any atom is -0.378 e. The van der Waals surface area contributed by atoms with E-state index in [9.17, 15) is 0 Å². The van der Waals surface area contributed by atoms with Gasteiger partial charge in [0.25, 0.3) is 0 Å². The highest BCUT2D eigenvalue weighted by Gasteiger charge is 2.19. The first-order valence-corrected chi connectivity index (χ1v) is 5.96. The van der Waals surface area contributed by atoms with Gasteiger partial charge in [0.2, 0.25) is 0 Å². The Bertz CT molecular complexity index is 116. The molecule has 0 amide bonds. The maximum Gasteiger partial charge on any atom is 0.0600 e. The van der Waals surface area contributed by atoms with Gasteiger partial charge in [-0.2, -0.15) is 0 Å². The highest BCUT2D eigenvalue weighted by molar-refractivity contribution is 4.70. The normalized spacial score (nSPS) is 25.8.